The lowest BCUT2D eigenvalue weighted by atomic mass is 9.84. The number of rotatable bonds is 4. The van der Waals surface area contributed by atoms with Crippen molar-refractivity contribution in [3.05, 3.63) is 0 Å². The van der Waals surface area contributed by atoms with Gasteiger partial charge in [-0.05, 0) is 13.2 Å². The summed E-state index contributed by atoms with van der Waals surface area (Å²) in [6.45, 7) is 4.49. The van der Waals surface area contributed by atoms with Crippen LogP contribution in [0.5, 0.6) is 0 Å². The lowest BCUT2D eigenvalue weighted by Gasteiger charge is -2.01. The van der Waals surface area contributed by atoms with Gasteiger partial charge in [0.1, 0.15) is 0 Å². The van der Waals surface area contributed by atoms with Crippen molar-refractivity contribution in [2.75, 3.05) is 6.61 Å². The highest BCUT2D eigenvalue weighted by Gasteiger charge is 2.07. The molecule has 8 heavy (non-hydrogen) atoms. The minimum atomic E-state index is -0.537. The zero-order valence-electron chi connectivity index (χ0n) is 5.55. The standard InChI is InChI=1S/C5H13BO2/c1-3-5-6(7)8-4-2/h7H,3-5H2,1-2H3. The van der Waals surface area contributed by atoms with Crippen molar-refractivity contribution in [3.63, 3.8) is 0 Å². The minimum absolute atomic E-state index is 0.537. The molecule has 0 saturated heterocycles. The molecule has 0 aromatic carbocycles. The van der Waals surface area contributed by atoms with Crippen molar-refractivity contribution >= 4 is 7.12 Å². The summed E-state index contributed by atoms with van der Waals surface area (Å²) in [6, 6.07) is 0. The van der Waals surface area contributed by atoms with Gasteiger partial charge >= 0.3 is 7.12 Å². The third-order valence-corrected chi connectivity index (χ3v) is 0.895. The molecule has 0 fully saturated rings. The lowest BCUT2D eigenvalue weighted by Crippen LogP contribution is -2.16. The summed E-state index contributed by atoms with van der Waals surface area (Å²) in [6.07, 6.45) is 1.72. The Morgan fingerprint density at radius 3 is 2.50 bits per heavy atom. The van der Waals surface area contributed by atoms with E-state index in [1.54, 1.807) is 0 Å². The Bertz CT molecular complexity index is 43.7. The fraction of sp³-hybridized carbons (Fsp3) is 1.00. The smallest absolute Gasteiger partial charge is 0.427 e. The molecule has 0 unspecified atom stereocenters. The van der Waals surface area contributed by atoms with Gasteiger partial charge in [0.05, 0.1) is 0 Å². The van der Waals surface area contributed by atoms with Crippen LogP contribution in [-0.2, 0) is 4.65 Å². The molecule has 1 N–H and O–H groups in total. The Hall–Kier alpha value is -0.0151. The van der Waals surface area contributed by atoms with Crippen LogP contribution >= 0.6 is 0 Å². The predicted molar refractivity (Wildman–Crippen MR) is 34.7 cm³/mol. The van der Waals surface area contributed by atoms with Gasteiger partial charge in [0, 0.05) is 6.61 Å². The van der Waals surface area contributed by atoms with E-state index in [-0.39, 0.29) is 0 Å². The second kappa shape index (κ2) is 5.13. The highest BCUT2D eigenvalue weighted by atomic mass is 16.5. The van der Waals surface area contributed by atoms with E-state index in [9.17, 15) is 0 Å². The van der Waals surface area contributed by atoms with Gasteiger partial charge in [0.25, 0.3) is 0 Å². The topological polar surface area (TPSA) is 29.5 Å². The zero-order valence-corrected chi connectivity index (χ0v) is 5.55. The highest BCUT2D eigenvalue weighted by Crippen LogP contribution is 1.93. The Kier molecular flexibility index (Phi) is 5.12. The molecule has 0 aliphatic carbocycles. The van der Waals surface area contributed by atoms with Crippen molar-refractivity contribution in [2.24, 2.45) is 0 Å². The van der Waals surface area contributed by atoms with Crippen LogP contribution in [-0.4, -0.2) is 18.7 Å². The van der Waals surface area contributed by atoms with Crippen LogP contribution in [0.4, 0.5) is 0 Å². The quantitative estimate of drug-likeness (QED) is 0.553. The van der Waals surface area contributed by atoms with Crippen LogP contribution in [0, 0.1) is 0 Å². The predicted octanol–water partition coefficient (Wildman–Crippen LogP) is 0.913. The van der Waals surface area contributed by atoms with Gasteiger partial charge in [-0.15, -0.1) is 0 Å². The van der Waals surface area contributed by atoms with Gasteiger partial charge in [0.2, 0.25) is 0 Å². The third-order valence-electron chi connectivity index (χ3n) is 0.895. The molecule has 0 aromatic heterocycles. The summed E-state index contributed by atoms with van der Waals surface area (Å²) >= 11 is 0. The molecule has 0 heterocycles. The molecule has 48 valence electrons. The van der Waals surface area contributed by atoms with Crippen molar-refractivity contribution in [1.82, 2.24) is 0 Å². The number of hydrogen-bond donors (Lipinski definition) is 1. The normalized spacial score (nSPS) is 9.38. The van der Waals surface area contributed by atoms with Crippen LogP contribution in [0.2, 0.25) is 6.32 Å². The number of hydrogen-bond acceptors (Lipinski definition) is 2. The Labute approximate surface area is 51.0 Å². The van der Waals surface area contributed by atoms with E-state index in [2.05, 4.69) is 0 Å². The maximum Gasteiger partial charge on any atom is 0.454 e. The summed E-state index contributed by atoms with van der Waals surface area (Å²) < 4.78 is 4.84. The molecular weight excluding hydrogens is 103 g/mol. The zero-order chi connectivity index (χ0) is 6.41. The van der Waals surface area contributed by atoms with E-state index in [1.165, 1.54) is 0 Å². The van der Waals surface area contributed by atoms with Gasteiger partial charge in [-0.25, -0.2) is 0 Å². The second-order valence-corrected chi connectivity index (χ2v) is 1.70. The van der Waals surface area contributed by atoms with Gasteiger partial charge in [-0.2, -0.15) is 0 Å². The van der Waals surface area contributed by atoms with Crippen molar-refractivity contribution < 1.29 is 9.68 Å². The van der Waals surface area contributed by atoms with Crippen molar-refractivity contribution in [3.8, 4) is 0 Å². The molecular formula is C5H13BO2. The van der Waals surface area contributed by atoms with Crippen LogP contribution in [0.1, 0.15) is 20.3 Å². The largest absolute Gasteiger partial charge is 0.454 e. The summed E-state index contributed by atoms with van der Waals surface area (Å²) in [5, 5.41) is 8.83. The van der Waals surface area contributed by atoms with E-state index >= 15 is 0 Å². The van der Waals surface area contributed by atoms with Crippen molar-refractivity contribution in [2.45, 2.75) is 26.6 Å². The minimum Gasteiger partial charge on any atom is -0.427 e. The molecule has 0 aliphatic heterocycles. The van der Waals surface area contributed by atoms with Gasteiger partial charge < -0.3 is 9.68 Å². The highest BCUT2D eigenvalue weighted by molar-refractivity contribution is 6.42. The molecule has 0 amide bonds. The molecule has 0 spiro atoms. The van der Waals surface area contributed by atoms with Gasteiger partial charge in [-0.3, -0.25) is 0 Å². The van der Waals surface area contributed by atoms with Gasteiger partial charge in [0.15, 0.2) is 0 Å². The van der Waals surface area contributed by atoms with Crippen LogP contribution in [0.25, 0.3) is 0 Å². The first-order valence-electron chi connectivity index (χ1n) is 3.11. The first-order valence-corrected chi connectivity index (χ1v) is 3.11. The molecule has 0 radical (unpaired) electrons. The maximum absolute atomic E-state index is 8.83. The Morgan fingerprint density at radius 1 is 1.50 bits per heavy atom. The van der Waals surface area contributed by atoms with Crippen molar-refractivity contribution in [1.29, 1.82) is 0 Å². The average molecular weight is 116 g/mol. The fourth-order valence-corrected chi connectivity index (χ4v) is 0.523. The van der Waals surface area contributed by atoms with E-state index in [0.29, 0.717) is 6.61 Å². The monoisotopic (exact) mass is 116 g/mol. The van der Waals surface area contributed by atoms with E-state index < -0.39 is 7.12 Å². The van der Waals surface area contributed by atoms with Gasteiger partial charge in [-0.1, -0.05) is 13.3 Å². The third kappa shape index (κ3) is 4.15. The lowest BCUT2D eigenvalue weighted by molar-refractivity contribution is 0.274. The molecule has 0 bridgehead atoms. The molecule has 0 aliphatic rings. The molecule has 0 aromatic rings. The fourth-order valence-electron chi connectivity index (χ4n) is 0.523. The summed E-state index contributed by atoms with van der Waals surface area (Å²) in [5.74, 6) is 0. The molecule has 0 saturated carbocycles. The summed E-state index contributed by atoms with van der Waals surface area (Å²) in [5.41, 5.74) is 0. The molecule has 3 heteroatoms. The van der Waals surface area contributed by atoms with Crippen LogP contribution in [0.15, 0.2) is 0 Å². The summed E-state index contributed by atoms with van der Waals surface area (Å²) in [7, 11) is -0.537. The first-order chi connectivity index (χ1) is 3.81. The Morgan fingerprint density at radius 2 is 2.12 bits per heavy atom. The summed E-state index contributed by atoms with van der Waals surface area (Å²) in [4.78, 5) is 0. The van der Waals surface area contributed by atoms with E-state index in [4.69, 9.17) is 9.68 Å². The average Bonchev–Trinajstić information content (AvgIpc) is 1.68. The molecule has 2 nitrogen and oxygen atoms in total. The molecule has 0 atom stereocenters. The van der Waals surface area contributed by atoms with E-state index in [0.717, 1.165) is 12.7 Å². The Balaban J connectivity index is 2.92. The molecule has 0 rings (SSSR count). The maximum atomic E-state index is 8.83. The van der Waals surface area contributed by atoms with Crippen LogP contribution in [0.3, 0.4) is 0 Å². The van der Waals surface area contributed by atoms with Crippen LogP contribution < -0.4 is 0 Å². The first kappa shape index (κ1) is 7.98. The second-order valence-electron chi connectivity index (χ2n) is 1.70. The van der Waals surface area contributed by atoms with E-state index in [1.807, 2.05) is 13.8 Å². The SMILES string of the molecule is CCCB(O)OCC.